The summed E-state index contributed by atoms with van der Waals surface area (Å²) in [6.07, 6.45) is 0. The number of morpholine rings is 1. The SMILES string of the molecule is CCn1c(C)cc(C)c1C(=O)N1CCOCC1. The average molecular weight is 236 g/mol. The van der Waals surface area contributed by atoms with Crippen LogP contribution in [0.3, 0.4) is 0 Å². The van der Waals surface area contributed by atoms with Crippen LogP contribution in [0.2, 0.25) is 0 Å². The van der Waals surface area contributed by atoms with Gasteiger partial charge in [-0.15, -0.1) is 0 Å². The van der Waals surface area contributed by atoms with E-state index in [1.165, 1.54) is 0 Å². The van der Waals surface area contributed by atoms with Gasteiger partial charge in [-0.2, -0.15) is 0 Å². The molecule has 1 aromatic heterocycles. The fraction of sp³-hybridized carbons (Fsp3) is 0.615. The Labute approximate surface area is 102 Å². The van der Waals surface area contributed by atoms with Crippen molar-refractivity contribution in [2.24, 2.45) is 0 Å². The minimum Gasteiger partial charge on any atom is -0.378 e. The summed E-state index contributed by atoms with van der Waals surface area (Å²) in [6.45, 7) is 9.67. The van der Waals surface area contributed by atoms with Crippen molar-refractivity contribution in [2.75, 3.05) is 26.3 Å². The topological polar surface area (TPSA) is 34.5 Å². The number of carbonyl (C=O) groups excluding carboxylic acids is 1. The first-order valence-electron chi connectivity index (χ1n) is 6.19. The van der Waals surface area contributed by atoms with Crippen molar-refractivity contribution in [3.05, 3.63) is 23.0 Å². The zero-order valence-corrected chi connectivity index (χ0v) is 10.8. The first kappa shape index (κ1) is 12.2. The van der Waals surface area contributed by atoms with Crippen molar-refractivity contribution >= 4 is 5.91 Å². The molecular formula is C13H20N2O2. The number of carbonyl (C=O) groups is 1. The molecule has 1 saturated heterocycles. The van der Waals surface area contributed by atoms with Gasteiger partial charge in [0.15, 0.2) is 0 Å². The van der Waals surface area contributed by atoms with Gasteiger partial charge in [0.2, 0.25) is 0 Å². The molecule has 0 bridgehead atoms. The maximum absolute atomic E-state index is 12.5. The van der Waals surface area contributed by atoms with Gasteiger partial charge in [-0.05, 0) is 32.4 Å². The molecule has 2 rings (SSSR count). The number of hydrogen-bond acceptors (Lipinski definition) is 2. The van der Waals surface area contributed by atoms with E-state index in [-0.39, 0.29) is 5.91 Å². The van der Waals surface area contributed by atoms with Crippen LogP contribution in [0, 0.1) is 13.8 Å². The van der Waals surface area contributed by atoms with Crippen LogP contribution in [0.25, 0.3) is 0 Å². The quantitative estimate of drug-likeness (QED) is 0.781. The van der Waals surface area contributed by atoms with Crippen molar-refractivity contribution < 1.29 is 9.53 Å². The van der Waals surface area contributed by atoms with Crippen molar-refractivity contribution in [3.63, 3.8) is 0 Å². The number of amides is 1. The molecule has 94 valence electrons. The summed E-state index contributed by atoms with van der Waals surface area (Å²) in [5.74, 6) is 0.140. The van der Waals surface area contributed by atoms with E-state index in [1.54, 1.807) is 0 Å². The molecule has 0 unspecified atom stereocenters. The molecule has 0 spiro atoms. The summed E-state index contributed by atoms with van der Waals surface area (Å²) in [5.41, 5.74) is 3.06. The van der Waals surface area contributed by atoms with Gasteiger partial charge in [-0.25, -0.2) is 0 Å². The van der Waals surface area contributed by atoms with Crippen molar-refractivity contribution in [2.45, 2.75) is 27.3 Å². The maximum atomic E-state index is 12.5. The standard InChI is InChI=1S/C13H20N2O2/c1-4-15-11(3)9-10(2)12(15)13(16)14-5-7-17-8-6-14/h9H,4-8H2,1-3H3. The number of hydrogen-bond donors (Lipinski definition) is 0. The Hall–Kier alpha value is -1.29. The number of ether oxygens (including phenoxy) is 1. The molecule has 4 nitrogen and oxygen atoms in total. The molecule has 4 heteroatoms. The van der Waals surface area contributed by atoms with E-state index in [0.29, 0.717) is 26.3 Å². The fourth-order valence-electron chi connectivity index (χ4n) is 2.46. The minimum absolute atomic E-state index is 0.140. The Kier molecular flexibility index (Phi) is 3.52. The van der Waals surface area contributed by atoms with Gasteiger partial charge in [0.1, 0.15) is 5.69 Å². The first-order chi connectivity index (χ1) is 8.15. The van der Waals surface area contributed by atoms with Crippen LogP contribution in [0.5, 0.6) is 0 Å². The maximum Gasteiger partial charge on any atom is 0.270 e. The van der Waals surface area contributed by atoms with Crippen LogP contribution in [0.15, 0.2) is 6.07 Å². The zero-order valence-electron chi connectivity index (χ0n) is 10.8. The van der Waals surface area contributed by atoms with Crippen LogP contribution in [-0.4, -0.2) is 41.7 Å². The summed E-state index contributed by atoms with van der Waals surface area (Å²) in [7, 11) is 0. The third kappa shape index (κ3) is 2.22. The molecule has 17 heavy (non-hydrogen) atoms. The smallest absolute Gasteiger partial charge is 0.270 e. The summed E-state index contributed by atoms with van der Waals surface area (Å²) in [4.78, 5) is 14.3. The van der Waals surface area contributed by atoms with Gasteiger partial charge in [0, 0.05) is 25.3 Å². The zero-order chi connectivity index (χ0) is 12.4. The lowest BCUT2D eigenvalue weighted by Crippen LogP contribution is -2.41. The lowest BCUT2D eigenvalue weighted by molar-refractivity contribution is 0.0295. The van der Waals surface area contributed by atoms with Crippen LogP contribution in [-0.2, 0) is 11.3 Å². The molecule has 0 N–H and O–H groups in total. The molecule has 0 atom stereocenters. The fourth-order valence-corrected chi connectivity index (χ4v) is 2.46. The Bertz CT molecular complexity index is 417. The Morgan fingerprint density at radius 1 is 1.35 bits per heavy atom. The summed E-state index contributed by atoms with van der Waals surface area (Å²) in [6, 6.07) is 2.08. The van der Waals surface area contributed by atoms with Crippen molar-refractivity contribution in [1.29, 1.82) is 0 Å². The van der Waals surface area contributed by atoms with Gasteiger partial charge in [-0.1, -0.05) is 0 Å². The highest BCUT2D eigenvalue weighted by Crippen LogP contribution is 2.17. The number of aromatic nitrogens is 1. The molecule has 0 saturated carbocycles. The lowest BCUT2D eigenvalue weighted by atomic mass is 10.2. The molecule has 2 heterocycles. The highest BCUT2D eigenvalue weighted by atomic mass is 16.5. The van der Waals surface area contributed by atoms with Crippen molar-refractivity contribution in [3.8, 4) is 0 Å². The molecule has 1 amide bonds. The van der Waals surface area contributed by atoms with E-state index in [4.69, 9.17) is 4.74 Å². The molecule has 1 aromatic rings. The van der Waals surface area contributed by atoms with Gasteiger partial charge in [-0.3, -0.25) is 4.79 Å². The van der Waals surface area contributed by atoms with Gasteiger partial charge in [0.05, 0.1) is 13.2 Å². The van der Waals surface area contributed by atoms with Crippen molar-refractivity contribution in [1.82, 2.24) is 9.47 Å². The Morgan fingerprint density at radius 2 is 2.00 bits per heavy atom. The lowest BCUT2D eigenvalue weighted by Gasteiger charge is -2.27. The molecule has 0 radical (unpaired) electrons. The summed E-state index contributed by atoms with van der Waals surface area (Å²) in [5, 5.41) is 0. The Balaban J connectivity index is 2.29. The van der Waals surface area contributed by atoms with Gasteiger partial charge >= 0.3 is 0 Å². The molecule has 0 aromatic carbocycles. The second-order valence-electron chi connectivity index (χ2n) is 4.47. The second-order valence-corrected chi connectivity index (χ2v) is 4.47. The van der Waals surface area contributed by atoms with Gasteiger partial charge in [0.25, 0.3) is 5.91 Å². The van der Waals surface area contributed by atoms with Crippen LogP contribution < -0.4 is 0 Å². The van der Waals surface area contributed by atoms with E-state index in [2.05, 4.69) is 17.6 Å². The minimum atomic E-state index is 0.140. The number of aryl methyl sites for hydroxylation is 2. The second kappa shape index (κ2) is 4.92. The monoisotopic (exact) mass is 236 g/mol. The molecule has 1 fully saturated rings. The van der Waals surface area contributed by atoms with Crippen LogP contribution >= 0.6 is 0 Å². The van der Waals surface area contributed by atoms with Crippen LogP contribution in [0.4, 0.5) is 0 Å². The number of nitrogens with zero attached hydrogens (tertiary/aromatic N) is 2. The highest BCUT2D eigenvalue weighted by Gasteiger charge is 2.23. The average Bonchev–Trinajstić information content (AvgIpc) is 2.63. The molecule has 1 aliphatic rings. The summed E-state index contributed by atoms with van der Waals surface area (Å²) < 4.78 is 7.37. The highest BCUT2D eigenvalue weighted by molar-refractivity contribution is 5.94. The largest absolute Gasteiger partial charge is 0.378 e. The van der Waals surface area contributed by atoms with Gasteiger partial charge < -0.3 is 14.2 Å². The normalized spacial score (nSPS) is 16.3. The molecule has 1 aliphatic heterocycles. The number of rotatable bonds is 2. The Morgan fingerprint density at radius 3 is 2.59 bits per heavy atom. The third-order valence-electron chi connectivity index (χ3n) is 3.31. The van der Waals surface area contributed by atoms with E-state index < -0.39 is 0 Å². The molecule has 0 aliphatic carbocycles. The van der Waals surface area contributed by atoms with E-state index in [0.717, 1.165) is 23.5 Å². The summed E-state index contributed by atoms with van der Waals surface area (Å²) >= 11 is 0. The van der Waals surface area contributed by atoms with E-state index >= 15 is 0 Å². The first-order valence-corrected chi connectivity index (χ1v) is 6.19. The third-order valence-corrected chi connectivity index (χ3v) is 3.31. The van der Waals surface area contributed by atoms with Crippen LogP contribution in [0.1, 0.15) is 28.7 Å². The van der Waals surface area contributed by atoms with E-state index in [1.807, 2.05) is 18.7 Å². The van der Waals surface area contributed by atoms with E-state index in [9.17, 15) is 4.79 Å². The molecular weight excluding hydrogens is 216 g/mol. The predicted molar refractivity (Wildman–Crippen MR) is 66.3 cm³/mol. The predicted octanol–water partition coefficient (Wildman–Crippen LogP) is 1.60.